The van der Waals surface area contributed by atoms with Crippen LogP contribution in [0.5, 0.6) is 0 Å². The molecule has 0 aliphatic heterocycles. The zero-order valence-electron chi connectivity index (χ0n) is 11.2. The van der Waals surface area contributed by atoms with Gasteiger partial charge in [0, 0.05) is 11.4 Å². The van der Waals surface area contributed by atoms with Gasteiger partial charge < -0.3 is 5.32 Å². The molecule has 1 nitrogen and oxygen atoms in total. The molecule has 1 N–H and O–H groups in total. The van der Waals surface area contributed by atoms with Crippen molar-refractivity contribution in [3.05, 3.63) is 58.7 Å². The third kappa shape index (κ3) is 2.03. The van der Waals surface area contributed by atoms with Crippen LogP contribution in [0.1, 0.15) is 35.1 Å². The molecule has 2 aromatic rings. The van der Waals surface area contributed by atoms with Gasteiger partial charge >= 0.3 is 0 Å². The van der Waals surface area contributed by atoms with E-state index in [-0.39, 0.29) is 0 Å². The largest absolute Gasteiger partial charge is 0.356 e. The number of nitrogens with one attached hydrogen (secondary N) is 1. The molecule has 1 heteroatoms. The van der Waals surface area contributed by atoms with Crippen LogP contribution in [0.2, 0.25) is 0 Å². The lowest BCUT2D eigenvalue weighted by Crippen LogP contribution is -1.93. The maximum absolute atomic E-state index is 3.56. The fourth-order valence-electron chi connectivity index (χ4n) is 3.47. The van der Waals surface area contributed by atoms with E-state index >= 15 is 0 Å². The highest BCUT2D eigenvalue weighted by atomic mass is 14.9. The molecule has 96 valence electrons. The monoisotopic (exact) mass is 249 g/mol. The number of rotatable bonds is 2. The molecule has 4 rings (SSSR count). The fraction of sp³-hybridized carbons (Fsp3) is 0.333. The van der Waals surface area contributed by atoms with Gasteiger partial charge in [-0.2, -0.15) is 0 Å². The average Bonchev–Trinajstić information content (AvgIpc) is 3.05. The molecule has 0 unspecified atom stereocenters. The van der Waals surface area contributed by atoms with Crippen LogP contribution in [0, 0.1) is 0 Å². The number of benzene rings is 2. The molecular formula is C18H19N. The van der Waals surface area contributed by atoms with Gasteiger partial charge in [0.2, 0.25) is 0 Å². The Morgan fingerprint density at radius 2 is 1.05 bits per heavy atom. The maximum atomic E-state index is 3.56. The highest BCUT2D eigenvalue weighted by Gasteiger charge is 2.12. The van der Waals surface area contributed by atoms with Gasteiger partial charge in [-0.3, -0.25) is 0 Å². The quantitative estimate of drug-likeness (QED) is 0.831. The minimum Gasteiger partial charge on any atom is -0.356 e. The summed E-state index contributed by atoms with van der Waals surface area (Å²) < 4.78 is 0. The second-order valence-electron chi connectivity index (χ2n) is 5.80. The number of anilines is 2. The van der Waals surface area contributed by atoms with E-state index in [0.29, 0.717) is 0 Å². The first-order valence-corrected chi connectivity index (χ1v) is 7.39. The van der Waals surface area contributed by atoms with Crippen molar-refractivity contribution >= 4 is 11.4 Å². The molecule has 0 amide bonds. The lowest BCUT2D eigenvalue weighted by molar-refractivity contribution is 0.912. The first-order valence-electron chi connectivity index (χ1n) is 7.39. The summed E-state index contributed by atoms with van der Waals surface area (Å²) in [7, 11) is 0. The Bertz CT molecular complexity index is 572. The Morgan fingerprint density at radius 1 is 0.579 bits per heavy atom. The van der Waals surface area contributed by atoms with Gasteiger partial charge in [-0.05, 0) is 85.0 Å². The van der Waals surface area contributed by atoms with E-state index in [2.05, 4.69) is 41.7 Å². The number of hydrogen-bond donors (Lipinski definition) is 1. The van der Waals surface area contributed by atoms with E-state index in [1.165, 1.54) is 61.0 Å². The number of fused-ring (bicyclic) bond motifs is 2. The molecule has 0 fully saturated rings. The zero-order valence-corrected chi connectivity index (χ0v) is 11.2. The van der Waals surface area contributed by atoms with Crippen LogP contribution in [-0.2, 0) is 25.7 Å². The SMILES string of the molecule is c1cc2c(cc1Nc1ccc3c(c1)CCC3)CCC2. The lowest BCUT2D eigenvalue weighted by atomic mass is 10.1. The molecular weight excluding hydrogens is 230 g/mol. The van der Waals surface area contributed by atoms with E-state index in [9.17, 15) is 0 Å². The van der Waals surface area contributed by atoms with Crippen molar-refractivity contribution in [1.82, 2.24) is 0 Å². The fourth-order valence-corrected chi connectivity index (χ4v) is 3.47. The molecule has 2 aliphatic rings. The second-order valence-corrected chi connectivity index (χ2v) is 5.80. The van der Waals surface area contributed by atoms with Crippen LogP contribution in [0.4, 0.5) is 11.4 Å². The van der Waals surface area contributed by atoms with Crippen molar-refractivity contribution < 1.29 is 0 Å². The van der Waals surface area contributed by atoms with Crippen LogP contribution >= 0.6 is 0 Å². The van der Waals surface area contributed by atoms with Crippen molar-refractivity contribution in [1.29, 1.82) is 0 Å². The van der Waals surface area contributed by atoms with Gasteiger partial charge in [0.05, 0.1) is 0 Å². The Morgan fingerprint density at radius 3 is 1.58 bits per heavy atom. The van der Waals surface area contributed by atoms with Crippen LogP contribution in [-0.4, -0.2) is 0 Å². The molecule has 0 atom stereocenters. The lowest BCUT2D eigenvalue weighted by Gasteiger charge is -2.10. The molecule has 0 bridgehead atoms. The predicted octanol–water partition coefficient (Wildman–Crippen LogP) is 4.41. The van der Waals surface area contributed by atoms with Gasteiger partial charge in [-0.15, -0.1) is 0 Å². The second kappa shape index (κ2) is 4.41. The Labute approximate surface area is 114 Å². The predicted molar refractivity (Wildman–Crippen MR) is 80.2 cm³/mol. The third-order valence-corrected chi connectivity index (χ3v) is 4.49. The van der Waals surface area contributed by atoms with E-state index in [1.807, 2.05) is 0 Å². The van der Waals surface area contributed by atoms with Crippen molar-refractivity contribution in [3.8, 4) is 0 Å². The topological polar surface area (TPSA) is 12.0 Å². The normalized spacial score (nSPS) is 16.2. The number of hydrogen-bond acceptors (Lipinski definition) is 1. The van der Waals surface area contributed by atoms with Gasteiger partial charge in [-0.25, -0.2) is 0 Å². The standard InChI is InChI=1S/C18H19N/c1-3-13-7-9-17(11-15(13)5-1)19-18-10-8-14-4-2-6-16(14)12-18/h7-12,19H,1-6H2. The summed E-state index contributed by atoms with van der Waals surface area (Å²) >= 11 is 0. The Balaban J connectivity index is 1.61. The van der Waals surface area contributed by atoms with Gasteiger partial charge in [0.1, 0.15) is 0 Å². The molecule has 2 aromatic carbocycles. The maximum Gasteiger partial charge on any atom is 0.0387 e. The molecule has 2 aliphatic carbocycles. The smallest absolute Gasteiger partial charge is 0.0387 e. The highest BCUT2D eigenvalue weighted by Crippen LogP contribution is 2.29. The highest BCUT2D eigenvalue weighted by molar-refractivity contribution is 5.63. The summed E-state index contributed by atoms with van der Waals surface area (Å²) in [6.45, 7) is 0. The van der Waals surface area contributed by atoms with Gasteiger partial charge in [0.25, 0.3) is 0 Å². The van der Waals surface area contributed by atoms with Gasteiger partial charge in [-0.1, -0.05) is 12.1 Å². The average molecular weight is 249 g/mol. The molecule has 0 heterocycles. The van der Waals surface area contributed by atoms with Crippen molar-refractivity contribution in [2.45, 2.75) is 38.5 Å². The summed E-state index contributed by atoms with van der Waals surface area (Å²) in [5.74, 6) is 0. The number of aryl methyl sites for hydroxylation is 4. The summed E-state index contributed by atoms with van der Waals surface area (Å²) in [5.41, 5.74) is 8.62. The molecule has 0 spiro atoms. The Hall–Kier alpha value is -1.76. The van der Waals surface area contributed by atoms with E-state index < -0.39 is 0 Å². The first-order chi connectivity index (χ1) is 9.38. The van der Waals surface area contributed by atoms with Crippen molar-refractivity contribution in [2.75, 3.05) is 5.32 Å². The summed E-state index contributed by atoms with van der Waals surface area (Å²) in [6, 6.07) is 13.7. The first kappa shape index (κ1) is 11.1. The molecule has 0 aromatic heterocycles. The minimum atomic E-state index is 1.23. The van der Waals surface area contributed by atoms with Crippen LogP contribution < -0.4 is 5.32 Å². The van der Waals surface area contributed by atoms with E-state index in [4.69, 9.17) is 0 Å². The summed E-state index contributed by atoms with van der Waals surface area (Å²) in [6.07, 6.45) is 7.64. The molecule has 0 saturated heterocycles. The molecule has 19 heavy (non-hydrogen) atoms. The summed E-state index contributed by atoms with van der Waals surface area (Å²) in [4.78, 5) is 0. The zero-order chi connectivity index (χ0) is 12.7. The van der Waals surface area contributed by atoms with Crippen molar-refractivity contribution in [2.24, 2.45) is 0 Å². The van der Waals surface area contributed by atoms with E-state index in [1.54, 1.807) is 11.1 Å². The molecule has 0 saturated carbocycles. The van der Waals surface area contributed by atoms with Crippen LogP contribution in [0.15, 0.2) is 36.4 Å². The van der Waals surface area contributed by atoms with Crippen LogP contribution in [0.25, 0.3) is 0 Å². The Kier molecular flexibility index (Phi) is 2.58. The van der Waals surface area contributed by atoms with Gasteiger partial charge in [0.15, 0.2) is 0 Å². The summed E-state index contributed by atoms with van der Waals surface area (Å²) in [5, 5.41) is 3.56. The molecule has 0 radical (unpaired) electrons. The van der Waals surface area contributed by atoms with E-state index in [0.717, 1.165) is 0 Å². The minimum absolute atomic E-state index is 1.23. The third-order valence-electron chi connectivity index (χ3n) is 4.49. The van der Waals surface area contributed by atoms with Crippen LogP contribution in [0.3, 0.4) is 0 Å². The van der Waals surface area contributed by atoms with Crippen molar-refractivity contribution in [3.63, 3.8) is 0 Å².